The van der Waals surface area contributed by atoms with Crippen LogP contribution in [0, 0.1) is 11.3 Å². The van der Waals surface area contributed by atoms with Gasteiger partial charge in [0.2, 0.25) is 0 Å². The van der Waals surface area contributed by atoms with Crippen LogP contribution < -0.4 is 5.43 Å². The predicted molar refractivity (Wildman–Crippen MR) is 86.9 cm³/mol. The van der Waals surface area contributed by atoms with Gasteiger partial charge in [-0.05, 0) is 17.2 Å². The fourth-order valence-corrected chi connectivity index (χ4v) is 1.86. The van der Waals surface area contributed by atoms with Crippen molar-refractivity contribution in [2.24, 2.45) is 5.10 Å². The lowest BCUT2D eigenvalue weighted by molar-refractivity contribution is -0.121. The van der Waals surface area contributed by atoms with Crippen LogP contribution in [0.2, 0.25) is 0 Å². The molecule has 1 amide bonds. The first-order valence-corrected chi connectivity index (χ1v) is 6.80. The molecule has 0 heterocycles. The summed E-state index contributed by atoms with van der Waals surface area (Å²) < 4.78 is 0. The minimum Gasteiger partial charge on any atom is -0.271 e. The maximum Gasteiger partial charge on any atom is 0.261 e. The second-order valence-corrected chi connectivity index (χ2v) is 4.50. The van der Waals surface area contributed by atoms with E-state index in [-0.39, 0.29) is 0 Å². The van der Waals surface area contributed by atoms with E-state index in [9.17, 15) is 4.79 Å². The highest BCUT2D eigenvalue weighted by Crippen LogP contribution is 2.14. The normalized spacial score (nSPS) is 12.1. The van der Waals surface area contributed by atoms with Gasteiger partial charge in [0, 0.05) is 6.21 Å². The number of nitrogens with zero attached hydrogens (tertiary/aromatic N) is 2. The van der Waals surface area contributed by atoms with Gasteiger partial charge in [0.1, 0.15) is 0 Å². The second-order valence-electron chi connectivity index (χ2n) is 4.50. The first kappa shape index (κ1) is 15.2. The number of amides is 1. The SMILES string of the molecule is N#C[C@@H](C(=O)N/N=C\C=C\c1ccccc1)c1ccccc1. The third-order valence-corrected chi connectivity index (χ3v) is 2.95. The molecule has 22 heavy (non-hydrogen) atoms. The summed E-state index contributed by atoms with van der Waals surface area (Å²) in [5.41, 5.74) is 4.07. The number of rotatable bonds is 5. The molecule has 0 radical (unpaired) electrons. The molecule has 0 saturated carbocycles. The number of nitriles is 1. The molecule has 0 fully saturated rings. The van der Waals surface area contributed by atoms with Gasteiger partial charge in [-0.25, -0.2) is 5.43 Å². The van der Waals surface area contributed by atoms with Gasteiger partial charge in [0.05, 0.1) is 6.07 Å². The monoisotopic (exact) mass is 289 g/mol. The highest BCUT2D eigenvalue weighted by atomic mass is 16.2. The quantitative estimate of drug-likeness (QED) is 0.679. The number of nitrogens with one attached hydrogen (secondary N) is 1. The Bertz CT molecular complexity index is 700. The van der Waals surface area contributed by atoms with Crippen molar-refractivity contribution in [1.82, 2.24) is 5.43 Å². The fourth-order valence-electron chi connectivity index (χ4n) is 1.86. The molecule has 0 aliphatic carbocycles. The van der Waals surface area contributed by atoms with E-state index in [2.05, 4.69) is 10.5 Å². The molecule has 2 aromatic rings. The third-order valence-electron chi connectivity index (χ3n) is 2.95. The summed E-state index contributed by atoms with van der Waals surface area (Å²) in [7, 11) is 0. The van der Waals surface area contributed by atoms with E-state index in [0.29, 0.717) is 5.56 Å². The van der Waals surface area contributed by atoms with Crippen molar-refractivity contribution >= 4 is 18.2 Å². The largest absolute Gasteiger partial charge is 0.271 e. The zero-order chi connectivity index (χ0) is 15.6. The molecule has 1 atom stereocenters. The average Bonchev–Trinajstić information content (AvgIpc) is 2.57. The van der Waals surface area contributed by atoms with Crippen LogP contribution in [0.25, 0.3) is 6.08 Å². The lowest BCUT2D eigenvalue weighted by Crippen LogP contribution is -2.24. The van der Waals surface area contributed by atoms with Crippen LogP contribution in [0.5, 0.6) is 0 Å². The summed E-state index contributed by atoms with van der Waals surface area (Å²) in [4.78, 5) is 11.9. The Balaban J connectivity index is 1.91. The van der Waals surface area contributed by atoms with Crippen LogP contribution in [-0.2, 0) is 4.79 Å². The Morgan fingerprint density at radius 2 is 1.73 bits per heavy atom. The molecule has 2 aromatic carbocycles. The number of carbonyl (C=O) groups is 1. The summed E-state index contributed by atoms with van der Waals surface area (Å²) in [5.74, 6) is -1.31. The van der Waals surface area contributed by atoms with E-state index in [1.54, 1.807) is 30.3 Å². The highest BCUT2D eigenvalue weighted by molar-refractivity contribution is 5.87. The topological polar surface area (TPSA) is 65.2 Å². The first-order valence-electron chi connectivity index (χ1n) is 6.80. The van der Waals surface area contributed by atoms with Crippen molar-refractivity contribution in [3.8, 4) is 6.07 Å². The Morgan fingerprint density at radius 1 is 1.09 bits per heavy atom. The number of benzene rings is 2. The van der Waals surface area contributed by atoms with Crippen LogP contribution in [0.1, 0.15) is 17.0 Å². The minimum absolute atomic E-state index is 0.446. The third kappa shape index (κ3) is 4.43. The molecule has 0 unspecified atom stereocenters. The van der Waals surface area contributed by atoms with E-state index in [4.69, 9.17) is 5.26 Å². The van der Waals surface area contributed by atoms with Crippen LogP contribution in [0.15, 0.2) is 71.8 Å². The van der Waals surface area contributed by atoms with Crippen LogP contribution in [0.3, 0.4) is 0 Å². The summed E-state index contributed by atoms with van der Waals surface area (Å²) in [6.07, 6.45) is 5.07. The molecule has 0 saturated heterocycles. The average molecular weight is 289 g/mol. The molecule has 4 heteroatoms. The van der Waals surface area contributed by atoms with Gasteiger partial charge in [0.25, 0.3) is 5.91 Å². The molecule has 108 valence electrons. The second kappa shape index (κ2) is 8.18. The zero-order valence-electron chi connectivity index (χ0n) is 11.9. The van der Waals surface area contributed by atoms with Gasteiger partial charge >= 0.3 is 0 Å². The summed E-state index contributed by atoms with van der Waals surface area (Å²) in [6, 6.07) is 20.6. The Labute approximate surface area is 129 Å². The lowest BCUT2D eigenvalue weighted by Gasteiger charge is -2.06. The van der Waals surface area contributed by atoms with Crippen LogP contribution in [0.4, 0.5) is 0 Å². The van der Waals surface area contributed by atoms with E-state index in [1.165, 1.54) is 6.21 Å². The Morgan fingerprint density at radius 3 is 2.36 bits per heavy atom. The van der Waals surface area contributed by atoms with Gasteiger partial charge in [-0.15, -0.1) is 0 Å². The number of allylic oxidation sites excluding steroid dienone is 1. The van der Waals surface area contributed by atoms with Crippen molar-refractivity contribution in [2.75, 3.05) is 0 Å². The fraction of sp³-hybridized carbons (Fsp3) is 0.0556. The standard InChI is InChI=1S/C18H15N3O/c19-14-17(16-11-5-2-6-12-16)18(22)21-20-13-7-10-15-8-3-1-4-9-15/h1-13,17H,(H,21,22)/b10-7+,20-13-/t17-/m1/s1. The van der Waals surface area contributed by atoms with Crippen molar-refractivity contribution in [3.63, 3.8) is 0 Å². The number of carbonyl (C=O) groups excluding carboxylic acids is 1. The summed E-state index contributed by atoms with van der Waals surface area (Å²) >= 11 is 0. The zero-order valence-corrected chi connectivity index (χ0v) is 11.9. The van der Waals surface area contributed by atoms with Crippen LogP contribution in [-0.4, -0.2) is 12.1 Å². The van der Waals surface area contributed by atoms with Gasteiger partial charge < -0.3 is 0 Å². The molecule has 0 aliphatic rings. The van der Waals surface area contributed by atoms with E-state index in [0.717, 1.165) is 5.56 Å². The highest BCUT2D eigenvalue weighted by Gasteiger charge is 2.18. The first-order chi connectivity index (χ1) is 10.8. The number of hydrogen-bond donors (Lipinski definition) is 1. The van der Waals surface area contributed by atoms with Crippen LogP contribution >= 0.6 is 0 Å². The Hall–Kier alpha value is -3.19. The summed E-state index contributed by atoms with van der Waals surface area (Å²) in [5, 5.41) is 12.9. The smallest absolute Gasteiger partial charge is 0.261 e. The molecule has 1 N–H and O–H groups in total. The summed E-state index contributed by atoms with van der Waals surface area (Å²) in [6.45, 7) is 0. The van der Waals surface area contributed by atoms with Gasteiger partial charge in [-0.2, -0.15) is 10.4 Å². The molecule has 0 bridgehead atoms. The molecule has 4 nitrogen and oxygen atoms in total. The van der Waals surface area contributed by atoms with E-state index >= 15 is 0 Å². The maximum atomic E-state index is 11.9. The maximum absolute atomic E-state index is 11.9. The number of hydrazone groups is 1. The van der Waals surface area contributed by atoms with Gasteiger partial charge in [0.15, 0.2) is 5.92 Å². The van der Waals surface area contributed by atoms with Gasteiger partial charge in [-0.1, -0.05) is 66.7 Å². The molecular formula is C18H15N3O. The van der Waals surface area contributed by atoms with E-state index in [1.807, 2.05) is 48.5 Å². The lowest BCUT2D eigenvalue weighted by atomic mass is 10.0. The van der Waals surface area contributed by atoms with Crippen molar-refractivity contribution in [3.05, 3.63) is 77.9 Å². The molecule has 0 aromatic heterocycles. The molecule has 0 aliphatic heterocycles. The Kier molecular flexibility index (Phi) is 5.65. The molecular weight excluding hydrogens is 274 g/mol. The molecule has 0 spiro atoms. The van der Waals surface area contributed by atoms with Crippen molar-refractivity contribution in [1.29, 1.82) is 5.26 Å². The van der Waals surface area contributed by atoms with E-state index < -0.39 is 11.8 Å². The minimum atomic E-state index is -0.864. The molecule has 2 rings (SSSR count). The van der Waals surface area contributed by atoms with Gasteiger partial charge in [-0.3, -0.25) is 4.79 Å². The van der Waals surface area contributed by atoms with Crippen molar-refractivity contribution < 1.29 is 4.79 Å². The number of hydrogen-bond acceptors (Lipinski definition) is 3. The van der Waals surface area contributed by atoms with Crippen molar-refractivity contribution in [2.45, 2.75) is 5.92 Å². The predicted octanol–water partition coefficient (Wildman–Crippen LogP) is 3.11.